The topological polar surface area (TPSA) is 71.4 Å². The fourth-order valence-corrected chi connectivity index (χ4v) is 4.85. The van der Waals surface area contributed by atoms with E-state index < -0.39 is 11.4 Å². The minimum atomic E-state index is -0.859. The highest BCUT2D eigenvalue weighted by molar-refractivity contribution is 6.23. The van der Waals surface area contributed by atoms with Gasteiger partial charge in [-0.15, -0.1) is 0 Å². The number of carboxylic acid groups (broad SMARTS) is 1. The highest BCUT2D eigenvalue weighted by Crippen LogP contribution is 2.56. The van der Waals surface area contributed by atoms with Gasteiger partial charge in [-0.2, -0.15) is 0 Å². The molecule has 0 spiro atoms. The number of Topliss-reactive ketones (excluding diaryl/α,β-unsaturated/α-hetero) is 1. The molecule has 0 saturated heterocycles. The first-order valence-corrected chi connectivity index (χ1v) is 8.65. The predicted molar refractivity (Wildman–Crippen MR) is 90.4 cm³/mol. The van der Waals surface area contributed by atoms with Gasteiger partial charge in [0.1, 0.15) is 0 Å². The minimum absolute atomic E-state index is 0.0185. The molecule has 0 aromatic rings. The molecule has 128 valence electrons. The first kappa shape index (κ1) is 16.9. The molecular weight excluding hydrogens is 304 g/mol. The van der Waals surface area contributed by atoms with Crippen molar-refractivity contribution in [2.24, 2.45) is 17.3 Å². The number of carboxylic acids is 1. The SMILES string of the molecule is CC1=C(C(=O)O)CC[C@@]2(C)C3=C(CC[C@H]12)C(=O)C(C(C)C)=CC3=O. The largest absolute Gasteiger partial charge is 0.478 e. The summed E-state index contributed by atoms with van der Waals surface area (Å²) in [6, 6.07) is 0. The van der Waals surface area contributed by atoms with Crippen LogP contribution in [0.25, 0.3) is 0 Å². The number of aliphatic carboxylic acids is 1. The second kappa shape index (κ2) is 5.54. The van der Waals surface area contributed by atoms with Gasteiger partial charge in [-0.1, -0.05) is 26.3 Å². The highest BCUT2D eigenvalue weighted by Gasteiger charge is 2.50. The Bertz CT molecular complexity index is 748. The molecule has 0 amide bonds. The summed E-state index contributed by atoms with van der Waals surface area (Å²) < 4.78 is 0. The van der Waals surface area contributed by atoms with Crippen molar-refractivity contribution in [1.82, 2.24) is 0 Å². The quantitative estimate of drug-likeness (QED) is 0.786. The molecule has 2 atom stereocenters. The van der Waals surface area contributed by atoms with Gasteiger partial charge in [-0.3, -0.25) is 9.59 Å². The lowest BCUT2D eigenvalue weighted by atomic mass is 9.54. The van der Waals surface area contributed by atoms with Crippen molar-refractivity contribution in [3.05, 3.63) is 33.9 Å². The summed E-state index contributed by atoms with van der Waals surface area (Å²) in [5.41, 5.74) is 2.86. The Hall–Kier alpha value is -1.97. The molecule has 4 nitrogen and oxygen atoms in total. The zero-order valence-corrected chi connectivity index (χ0v) is 14.7. The van der Waals surface area contributed by atoms with Gasteiger partial charge in [-0.25, -0.2) is 4.79 Å². The number of allylic oxidation sites excluding steroid dienone is 5. The Morgan fingerprint density at radius 3 is 2.54 bits per heavy atom. The lowest BCUT2D eigenvalue weighted by Gasteiger charge is -2.48. The molecule has 0 bridgehead atoms. The number of carbonyl (C=O) groups is 3. The van der Waals surface area contributed by atoms with Crippen LogP contribution in [0.5, 0.6) is 0 Å². The van der Waals surface area contributed by atoms with E-state index in [1.807, 2.05) is 27.7 Å². The summed E-state index contributed by atoms with van der Waals surface area (Å²) in [7, 11) is 0. The monoisotopic (exact) mass is 328 g/mol. The molecule has 0 unspecified atom stereocenters. The van der Waals surface area contributed by atoms with Gasteiger partial charge in [-0.05, 0) is 50.5 Å². The van der Waals surface area contributed by atoms with E-state index in [9.17, 15) is 19.5 Å². The number of hydrogen-bond donors (Lipinski definition) is 1. The average Bonchev–Trinajstić information content (AvgIpc) is 2.49. The highest BCUT2D eigenvalue weighted by atomic mass is 16.4. The van der Waals surface area contributed by atoms with Crippen molar-refractivity contribution in [3.8, 4) is 0 Å². The third-order valence-electron chi connectivity index (χ3n) is 6.17. The van der Waals surface area contributed by atoms with E-state index in [0.717, 1.165) is 12.0 Å². The number of hydrogen-bond acceptors (Lipinski definition) is 3. The summed E-state index contributed by atoms with van der Waals surface area (Å²) in [5, 5.41) is 9.40. The van der Waals surface area contributed by atoms with Crippen LogP contribution in [0.1, 0.15) is 53.4 Å². The number of carbonyl (C=O) groups excluding carboxylic acids is 2. The van der Waals surface area contributed by atoms with Gasteiger partial charge in [0, 0.05) is 27.7 Å². The summed E-state index contributed by atoms with van der Waals surface area (Å²) in [6.45, 7) is 7.78. The molecule has 0 heterocycles. The van der Waals surface area contributed by atoms with E-state index in [4.69, 9.17) is 0 Å². The molecule has 0 aromatic carbocycles. The number of ketones is 2. The van der Waals surface area contributed by atoms with Gasteiger partial charge >= 0.3 is 5.97 Å². The molecule has 24 heavy (non-hydrogen) atoms. The van der Waals surface area contributed by atoms with Gasteiger partial charge in [0.15, 0.2) is 11.6 Å². The van der Waals surface area contributed by atoms with Crippen LogP contribution < -0.4 is 0 Å². The zero-order valence-electron chi connectivity index (χ0n) is 14.7. The molecule has 3 rings (SSSR count). The van der Waals surface area contributed by atoms with Gasteiger partial charge in [0.05, 0.1) is 0 Å². The summed E-state index contributed by atoms with van der Waals surface area (Å²) in [4.78, 5) is 37.1. The number of rotatable bonds is 2. The van der Waals surface area contributed by atoms with Crippen LogP contribution in [0, 0.1) is 17.3 Å². The van der Waals surface area contributed by atoms with Crippen LogP contribution in [0.3, 0.4) is 0 Å². The standard InChI is InChI=1S/C20H24O4/c1-10(2)14-9-16(21)17-13(18(14)22)5-6-15-11(3)12(19(23)24)7-8-20(15,17)4/h9-10,15H,5-8H2,1-4H3,(H,23,24)/t15-,20-/m1/s1. The maximum absolute atomic E-state index is 12.9. The molecule has 4 heteroatoms. The maximum Gasteiger partial charge on any atom is 0.331 e. The van der Waals surface area contributed by atoms with Crippen molar-refractivity contribution >= 4 is 17.5 Å². The molecule has 0 fully saturated rings. The lowest BCUT2D eigenvalue weighted by Crippen LogP contribution is -2.43. The van der Waals surface area contributed by atoms with E-state index >= 15 is 0 Å². The van der Waals surface area contributed by atoms with E-state index in [2.05, 4.69) is 0 Å². The Labute approximate surface area is 142 Å². The van der Waals surface area contributed by atoms with Crippen LogP contribution in [0.15, 0.2) is 33.9 Å². The number of fused-ring (bicyclic) bond motifs is 2. The summed E-state index contributed by atoms with van der Waals surface area (Å²) >= 11 is 0. The predicted octanol–water partition coefficient (Wildman–Crippen LogP) is 3.63. The fraction of sp³-hybridized carbons (Fsp3) is 0.550. The van der Waals surface area contributed by atoms with Crippen molar-refractivity contribution < 1.29 is 19.5 Å². The second-order valence-corrected chi connectivity index (χ2v) is 7.78. The minimum Gasteiger partial charge on any atom is -0.478 e. The fourth-order valence-electron chi connectivity index (χ4n) is 4.85. The summed E-state index contributed by atoms with van der Waals surface area (Å²) in [5.74, 6) is -0.825. The third kappa shape index (κ3) is 2.23. The van der Waals surface area contributed by atoms with Gasteiger partial charge < -0.3 is 5.11 Å². The first-order chi connectivity index (χ1) is 11.2. The normalized spacial score (nSPS) is 30.4. The maximum atomic E-state index is 12.9. The van der Waals surface area contributed by atoms with Crippen LogP contribution >= 0.6 is 0 Å². The van der Waals surface area contributed by atoms with Crippen LogP contribution in [0.4, 0.5) is 0 Å². The van der Waals surface area contributed by atoms with Crippen molar-refractivity contribution in [2.75, 3.05) is 0 Å². The molecule has 0 aliphatic heterocycles. The molecule has 3 aliphatic carbocycles. The first-order valence-electron chi connectivity index (χ1n) is 8.65. The average molecular weight is 328 g/mol. The second-order valence-electron chi connectivity index (χ2n) is 7.78. The Morgan fingerprint density at radius 2 is 1.96 bits per heavy atom. The Balaban J connectivity index is 2.11. The third-order valence-corrected chi connectivity index (χ3v) is 6.17. The van der Waals surface area contributed by atoms with E-state index in [1.165, 1.54) is 6.08 Å². The van der Waals surface area contributed by atoms with Gasteiger partial charge in [0.2, 0.25) is 0 Å². The molecule has 0 radical (unpaired) electrons. The van der Waals surface area contributed by atoms with Gasteiger partial charge in [0.25, 0.3) is 0 Å². The van der Waals surface area contributed by atoms with E-state index in [-0.39, 0.29) is 23.4 Å². The smallest absolute Gasteiger partial charge is 0.331 e. The molecule has 0 saturated carbocycles. The van der Waals surface area contributed by atoms with E-state index in [0.29, 0.717) is 41.6 Å². The zero-order chi connectivity index (χ0) is 17.8. The Kier molecular flexibility index (Phi) is 3.89. The summed E-state index contributed by atoms with van der Waals surface area (Å²) in [6.07, 6.45) is 3.88. The van der Waals surface area contributed by atoms with Crippen molar-refractivity contribution in [1.29, 1.82) is 0 Å². The molecule has 1 N–H and O–H groups in total. The van der Waals surface area contributed by atoms with Crippen LogP contribution in [0.2, 0.25) is 0 Å². The molecule has 0 aromatic heterocycles. The lowest BCUT2D eigenvalue weighted by molar-refractivity contribution is -0.133. The van der Waals surface area contributed by atoms with Crippen LogP contribution in [-0.4, -0.2) is 22.6 Å². The molecule has 3 aliphatic rings. The van der Waals surface area contributed by atoms with Crippen LogP contribution in [-0.2, 0) is 14.4 Å². The molecular formula is C20H24O4. The van der Waals surface area contributed by atoms with Crippen molar-refractivity contribution in [3.63, 3.8) is 0 Å². The van der Waals surface area contributed by atoms with Crippen molar-refractivity contribution in [2.45, 2.75) is 53.4 Å². The Morgan fingerprint density at radius 1 is 1.29 bits per heavy atom. The van der Waals surface area contributed by atoms with E-state index in [1.54, 1.807) is 0 Å².